The summed E-state index contributed by atoms with van der Waals surface area (Å²) < 4.78 is 46.1. The Labute approximate surface area is 179 Å². The van der Waals surface area contributed by atoms with E-state index in [9.17, 15) is 18.4 Å². The van der Waals surface area contributed by atoms with Crippen LogP contribution in [0.2, 0.25) is 0 Å². The van der Waals surface area contributed by atoms with Crippen molar-refractivity contribution in [3.63, 3.8) is 0 Å². The van der Waals surface area contributed by atoms with Crippen molar-refractivity contribution in [2.45, 2.75) is 51.9 Å². The molecule has 1 unspecified atom stereocenters. The number of benzene rings is 1. The highest BCUT2D eigenvalue weighted by Gasteiger charge is 2.38. The van der Waals surface area contributed by atoms with Gasteiger partial charge in [-0.2, -0.15) is 8.78 Å². The molecule has 1 aromatic rings. The van der Waals surface area contributed by atoms with Crippen LogP contribution in [0.25, 0.3) is 5.57 Å². The number of halogens is 2. The Kier molecular flexibility index (Phi) is 6.71. The largest absolute Gasteiger partial charge is 0.489 e. The molecule has 9 heteroatoms. The number of rotatable bonds is 7. The van der Waals surface area contributed by atoms with Crippen LogP contribution in [0.1, 0.15) is 39.2 Å². The van der Waals surface area contributed by atoms with E-state index in [1.807, 2.05) is 0 Å². The predicted octanol–water partition coefficient (Wildman–Crippen LogP) is 4.25. The molecule has 1 fully saturated rings. The van der Waals surface area contributed by atoms with Gasteiger partial charge in [-0.3, -0.25) is 4.90 Å². The standard InChI is InChI=1S/C22H27F2NO6/c1-22(2,3)31-21(27)25-11-15(9-16(25)19(26)28-4)14-7-8-17(30-20(23)24)18(10-14)29-12-13-5-6-13/h7-10,13,16,20H,5-6,11-12H2,1-4H3. The van der Waals surface area contributed by atoms with Crippen LogP contribution < -0.4 is 9.47 Å². The normalized spacial score (nSPS) is 18.6. The van der Waals surface area contributed by atoms with E-state index in [1.54, 1.807) is 39.0 Å². The maximum atomic E-state index is 12.8. The van der Waals surface area contributed by atoms with Crippen LogP contribution in [0.5, 0.6) is 11.5 Å². The van der Waals surface area contributed by atoms with Gasteiger partial charge in [0.2, 0.25) is 0 Å². The molecule has 1 atom stereocenters. The summed E-state index contributed by atoms with van der Waals surface area (Å²) in [7, 11) is 1.24. The number of ether oxygens (including phenoxy) is 4. The Bertz CT molecular complexity index is 860. The molecule has 1 aromatic carbocycles. The summed E-state index contributed by atoms with van der Waals surface area (Å²) in [6, 6.07) is 3.61. The lowest BCUT2D eigenvalue weighted by atomic mass is 10.1. The lowest BCUT2D eigenvalue weighted by Crippen LogP contribution is -2.44. The van der Waals surface area contributed by atoms with E-state index in [-0.39, 0.29) is 18.0 Å². The van der Waals surface area contributed by atoms with Crippen LogP contribution in [-0.2, 0) is 14.3 Å². The van der Waals surface area contributed by atoms with Gasteiger partial charge >= 0.3 is 18.7 Å². The molecule has 1 saturated carbocycles. The van der Waals surface area contributed by atoms with E-state index < -0.39 is 30.3 Å². The maximum absolute atomic E-state index is 12.8. The first-order valence-electron chi connectivity index (χ1n) is 10.1. The van der Waals surface area contributed by atoms with Crippen molar-refractivity contribution in [2.75, 3.05) is 20.3 Å². The zero-order valence-corrected chi connectivity index (χ0v) is 18.0. The van der Waals surface area contributed by atoms with Gasteiger partial charge in [0.15, 0.2) is 17.5 Å². The summed E-state index contributed by atoms with van der Waals surface area (Å²) in [4.78, 5) is 26.1. The second-order valence-electron chi connectivity index (χ2n) is 8.56. The number of alkyl halides is 2. The number of methoxy groups -OCH3 is 1. The van der Waals surface area contributed by atoms with Crippen molar-refractivity contribution >= 4 is 17.6 Å². The first-order valence-corrected chi connectivity index (χ1v) is 10.1. The van der Waals surface area contributed by atoms with Gasteiger partial charge in [-0.25, -0.2) is 9.59 Å². The smallest absolute Gasteiger partial charge is 0.411 e. The molecule has 0 saturated heterocycles. The quantitative estimate of drug-likeness (QED) is 0.592. The topological polar surface area (TPSA) is 74.3 Å². The lowest BCUT2D eigenvalue weighted by Gasteiger charge is -2.27. The number of carbonyl (C=O) groups excluding carboxylic acids is 2. The summed E-state index contributed by atoms with van der Waals surface area (Å²) in [5.74, 6) is -0.0636. The first-order chi connectivity index (χ1) is 14.6. The Balaban J connectivity index is 1.86. The van der Waals surface area contributed by atoms with Gasteiger partial charge in [0.25, 0.3) is 0 Å². The molecule has 31 heavy (non-hydrogen) atoms. The molecule has 3 rings (SSSR count). The molecule has 7 nitrogen and oxygen atoms in total. The molecular formula is C22H27F2NO6. The van der Waals surface area contributed by atoms with E-state index in [0.717, 1.165) is 12.8 Å². The Morgan fingerprint density at radius 1 is 1.19 bits per heavy atom. The minimum Gasteiger partial charge on any atom is -0.489 e. The molecule has 0 bridgehead atoms. The third-order valence-electron chi connectivity index (χ3n) is 4.81. The van der Waals surface area contributed by atoms with Gasteiger partial charge < -0.3 is 18.9 Å². The van der Waals surface area contributed by atoms with Gasteiger partial charge in [-0.1, -0.05) is 6.07 Å². The van der Waals surface area contributed by atoms with Crippen LogP contribution >= 0.6 is 0 Å². The van der Waals surface area contributed by atoms with Gasteiger partial charge in [0.05, 0.1) is 20.3 Å². The van der Waals surface area contributed by atoms with Crippen LogP contribution in [-0.4, -0.2) is 55.5 Å². The van der Waals surface area contributed by atoms with Crippen molar-refractivity contribution < 1.29 is 37.3 Å². The summed E-state index contributed by atoms with van der Waals surface area (Å²) in [5.41, 5.74) is 0.520. The molecule has 1 aliphatic carbocycles. The van der Waals surface area contributed by atoms with Crippen molar-refractivity contribution in [1.82, 2.24) is 4.90 Å². The Morgan fingerprint density at radius 2 is 1.90 bits per heavy atom. The number of carbonyl (C=O) groups is 2. The van der Waals surface area contributed by atoms with Crippen molar-refractivity contribution in [3.8, 4) is 11.5 Å². The highest BCUT2D eigenvalue weighted by molar-refractivity contribution is 5.90. The Hall–Kier alpha value is -2.84. The average Bonchev–Trinajstić information content (AvgIpc) is 3.40. The molecule has 170 valence electrons. The number of hydrogen-bond donors (Lipinski definition) is 0. The molecule has 0 spiro atoms. The fraction of sp³-hybridized carbons (Fsp3) is 0.545. The lowest BCUT2D eigenvalue weighted by molar-refractivity contribution is -0.144. The molecule has 1 amide bonds. The fourth-order valence-electron chi connectivity index (χ4n) is 3.12. The minimum atomic E-state index is -2.98. The van der Waals surface area contributed by atoms with E-state index >= 15 is 0 Å². The van der Waals surface area contributed by atoms with E-state index in [4.69, 9.17) is 14.2 Å². The van der Waals surface area contributed by atoms with Crippen LogP contribution in [0.15, 0.2) is 24.3 Å². The van der Waals surface area contributed by atoms with Crippen LogP contribution in [0.3, 0.4) is 0 Å². The van der Waals surface area contributed by atoms with Gasteiger partial charge in [0, 0.05) is 0 Å². The monoisotopic (exact) mass is 439 g/mol. The number of hydrogen-bond acceptors (Lipinski definition) is 6. The second-order valence-corrected chi connectivity index (χ2v) is 8.56. The summed E-state index contributed by atoms with van der Waals surface area (Å²) in [6.07, 6.45) is 3.03. The SMILES string of the molecule is COC(=O)C1C=C(c2ccc(OC(F)F)c(OCC3CC3)c2)CN1C(=O)OC(C)(C)C. The van der Waals surface area contributed by atoms with E-state index in [1.165, 1.54) is 18.1 Å². The van der Waals surface area contributed by atoms with Gasteiger partial charge in [-0.15, -0.1) is 0 Å². The summed E-state index contributed by atoms with van der Waals surface area (Å²) in [5, 5.41) is 0. The molecule has 1 heterocycles. The van der Waals surface area contributed by atoms with Crippen LogP contribution in [0.4, 0.5) is 13.6 Å². The van der Waals surface area contributed by atoms with Crippen molar-refractivity contribution in [1.29, 1.82) is 0 Å². The second kappa shape index (κ2) is 9.11. The average molecular weight is 439 g/mol. The number of esters is 1. The highest BCUT2D eigenvalue weighted by Crippen LogP contribution is 2.37. The summed E-state index contributed by atoms with van der Waals surface area (Å²) >= 11 is 0. The van der Waals surface area contributed by atoms with Crippen molar-refractivity contribution in [3.05, 3.63) is 29.8 Å². The summed E-state index contributed by atoms with van der Waals surface area (Å²) in [6.45, 7) is 2.71. The van der Waals surface area contributed by atoms with E-state index in [0.29, 0.717) is 23.7 Å². The number of amides is 1. The zero-order valence-electron chi connectivity index (χ0n) is 18.0. The van der Waals surface area contributed by atoms with Crippen molar-refractivity contribution in [2.24, 2.45) is 5.92 Å². The maximum Gasteiger partial charge on any atom is 0.411 e. The third kappa shape index (κ3) is 6.08. The van der Waals surface area contributed by atoms with Gasteiger partial charge in [0.1, 0.15) is 5.60 Å². The molecule has 0 N–H and O–H groups in total. The van der Waals surface area contributed by atoms with E-state index in [2.05, 4.69) is 4.74 Å². The third-order valence-corrected chi connectivity index (χ3v) is 4.81. The molecule has 0 aromatic heterocycles. The van der Waals surface area contributed by atoms with Gasteiger partial charge in [-0.05, 0) is 68.9 Å². The first kappa shape index (κ1) is 22.8. The highest BCUT2D eigenvalue weighted by atomic mass is 19.3. The molecule has 2 aliphatic rings. The molecule has 0 radical (unpaired) electrons. The predicted molar refractivity (Wildman–Crippen MR) is 108 cm³/mol. The zero-order chi connectivity index (χ0) is 22.8. The molecule has 1 aliphatic heterocycles. The van der Waals surface area contributed by atoms with Crippen LogP contribution in [0, 0.1) is 5.92 Å². The fourth-order valence-corrected chi connectivity index (χ4v) is 3.12. The molecular weight excluding hydrogens is 412 g/mol. The minimum absolute atomic E-state index is 0.0634. The number of nitrogens with zero attached hydrogens (tertiary/aromatic N) is 1. The Morgan fingerprint density at radius 3 is 2.48 bits per heavy atom.